The maximum absolute atomic E-state index is 11.9. The van der Waals surface area contributed by atoms with E-state index in [-0.39, 0.29) is 49.2 Å². The largest absolute Gasteiger partial charge is 0.480 e. The Morgan fingerprint density at radius 1 is 1.36 bits per heavy atom. The molecule has 1 aromatic carbocycles. The van der Waals surface area contributed by atoms with Crippen molar-refractivity contribution in [2.24, 2.45) is 0 Å². The van der Waals surface area contributed by atoms with Crippen molar-refractivity contribution in [2.45, 2.75) is 12.5 Å². The zero-order valence-corrected chi connectivity index (χ0v) is 13.9. The van der Waals surface area contributed by atoms with Gasteiger partial charge in [0.2, 0.25) is 5.91 Å². The number of nitrogens with zero attached hydrogens (tertiary/aromatic N) is 1. The highest BCUT2D eigenvalue weighted by Crippen LogP contribution is 2.27. The van der Waals surface area contributed by atoms with Crippen LogP contribution in [0.4, 0.5) is 11.4 Å². The van der Waals surface area contributed by atoms with Crippen molar-refractivity contribution in [3.05, 3.63) is 33.3 Å². The number of carbonyl (C=O) groups excluding carboxylic acids is 1. The van der Waals surface area contributed by atoms with Gasteiger partial charge in [0, 0.05) is 18.3 Å². The number of hydrogen-bond donors (Lipinski definition) is 4. The van der Waals surface area contributed by atoms with Gasteiger partial charge in [0.15, 0.2) is 0 Å². The predicted octanol–water partition coefficient (Wildman–Crippen LogP) is 0.629. The van der Waals surface area contributed by atoms with Gasteiger partial charge in [-0.3, -0.25) is 19.7 Å². The minimum absolute atomic E-state index is 0.0732. The average molecular weight is 376 g/mol. The highest BCUT2D eigenvalue weighted by Gasteiger charge is 2.21. The first kappa shape index (κ1) is 20.8. The third kappa shape index (κ3) is 7.44. The maximum atomic E-state index is 11.9. The number of carboxylic acid groups (broad SMARTS) is 1. The second-order valence-electron chi connectivity index (χ2n) is 4.86. The molecule has 138 valence electrons. The molecule has 0 aliphatic heterocycles. The van der Waals surface area contributed by atoms with Gasteiger partial charge in [-0.1, -0.05) is 11.6 Å². The Balaban J connectivity index is 2.58. The number of rotatable bonds is 11. The predicted molar refractivity (Wildman–Crippen MR) is 88.7 cm³/mol. The van der Waals surface area contributed by atoms with E-state index in [4.69, 9.17) is 26.6 Å². The van der Waals surface area contributed by atoms with Gasteiger partial charge in [0.05, 0.1) is 31.2 Å². The van der Waals surface area contributed by atoms with Crippen LogP contribution >= 0.6 is 11.6 Å². The van der Waals surface area contributed by atoms with E-state index in [2.05, 4.69) is 10.6 Å². The molecule has 0 aliphatic carbocycles. The number of aliphatic hydroxyl groups is 1. The van der Waals surface area contributed by atoms with Crippen LogP contribution in [0.15, 0.2) is 18.2 Å². The summed E-state index contributed by atoms with van der Waals surface area (Å²) < 4.78 is 4.98. The number of nitro groups is 1. The van der Waals surface area contributed by atoms with Crippen LogP contribution in [0.2, 0.25) is 5.02 Å². The van der Waals surface area contributed by atoms with Crippen molar-refractivity contribution in [3.8, 4) is 0 Å². The molecule has 1 amide bonds. The zero-order chi connectivity index (χ0) is 18.8. The van der Waals surface area contributed by atoms with Gasteiger partial charge in [-0.05, 0) is 12.1 Å². The monoisotopic (exact) mass is 375 g/mol. The summed E-state index contributed by atoms with van der Waals surface area (Å²) in [4.78, 5) is 33.2. The summed E-state index contributed by atoms with van der Waals surface area (Å²) in [5, 5.41) is 33.4. The molecule has 1 unspecified atom stereocenters. The number of benzene rings is 1. The number of ether oxygens (including phenoxy) is 1. The molecule has 0 aliphatic rings. The lowest BCUT2D eigenvalue weighted by molar-refractivity contribution is -0.384. The number of hydrogen-bond acceptors (Lipinski definition) is 7. The lowest BCUT2D eigenvalue weighted by Gasteiger charge is -2.14. The summed E-state index contributed by atoms with van der Waals surface area (Å²) in [6.07, 6.45) is -0.383. The molecule has 0 heterocycles. The topological polar surface area (TPSA) is 151 Å². The van der Waals surface area contributed by atoms with E-state index in [1.807, 2.05) is 0 Å². The minimum atomic E-state index is -1.22. The molecule has 1 aromatic rings. The number of aliphatic carboxylic acids is 1. The first-order chi connectivity index (χ1) is 11.8. The third-order valence-electron chi connectivity index (χ3n) is 2.99. The van der Waals surface area contributed by atoms with Gasteiger partial charge in [-0.15, -0.1) is 0 Å². The van der Waals surface area contributed by atoms with E-state index in [9.17, 15) is 19.7 Å². The van der Waals surface area contributed by atoms with E-state index in [1.165, 1.54) is 12.1 Å². The molecule has 0 aromatic heterocycles. The van der Waals surface area contributed by atoms with Gasteiger partial charge in [0.1, 0.15) is 11.1 Å². The smallest absolute Gasteiger partial charge is 0.321 e. The van der Waals surface area contributed by atoms with Crippen LogP contribution in [0, 0.1) is 10.1 Å². The fourth-order valence-electron chi connectivity index (χ4n) is 1.85. The molecular weight excluding hydrogens is 358 g/mol. The summed E-state index contributed by atoms with van der Waals surface area (Å²) in [5.74, 6) is -1.85. The van der Waals surface area contributed by atoms with Gasteiger partial charge in [-0.2, -0.15) is 0 Å². The molecule has 10 nitrogen and oxygen atoms in total. The summed E-state index contributed by atoms with van der Waals surface area (Å²) >= 11 is 5.68. The molecule has 11 heteroatoms. The van der Waals surface area contributed by atoms with Gasteiger partial charge in [-0.25, -0.2) is 0 Å². The Morgan fingerprint density at radius 3 is 2.68 bits per heavy atom. The molecule has 1 atom stereocenters. The van der Waals surface area contributed by atoms with E-state index in [0.717, 1.165) is 6.07 Å². The van der Waals surface area contributed by atoms with Gasteiger partial charge in [0.25, 0.3) is 5.69 Å². The lowest BCUT2D eigenvalue weighted by atomic mass is 10.2. The van der Waals surface area contributed by atoms with Crippen molar-refractivity contribution in [1.82, 2.24) is 5.32 Å². The van der Waals surface area contributed by atoms with Crippen LogP contribution in [-0.4, -0.2) is 59.4 Å². The van der Waals surface area contributed by atoms with Crippen molar-refractivity contribution >= 4 is 34.9 Å². The number of carbonyl (C=O) groups is 2. The van der Waals surface area contributed by atoms with Crippen molar-refractivity contribution in [1.29, 1.82) is 0 Å². The number of nitro benzene ring substituents is 1. The molecule has 0 fully saturated rings. The average Bonchev–Trinajstić information content (AvgIpc) is 2.54. The number of amides is 1. The van der Waals surface area contributed by atoms with E-state index < -0.39 is 22.8 Å². The van der Waals surface area contributed by atoms with Gasteiger partial charge >= 0.3 is 5.97 Å². The summed E-state index contributed by atoms with van der Waals surface area (Å²) in [6, 6.07) is 2.58. The molecule has 0 radical (unpaired) electrons. The maximum Gasteiger partial charge on any atom is 0.321 e. The second kappa shape index (κ2) is 10.6. The van der Waals surface area contributed by atoms with E-state index >= 15 is 0 Å². The number of aliphatic hydroxyl groups excluding tert-OH is 1. The van der Waals surface area contributed by atoms with Crippen LogP contribution in [0.5, 0.6) is 0 Å². The third-order valence-corrected chi connectivity index (χ3v) is 3.31. The zero-order valence-electron chi connectivity index (χ0n) is 13.1. The van der Waals surface area contributed by atoms with Crippen LogP contribution in [-0.2, 0) is 14.3 Å². The number of halogens is 1. The normalized spacial score (nSPS) is 11.8. The Hall–Kier alpha value is -2.27. The Morgan fingerprint density at radius 2 is 2.08 bits per heavy atom. The molecular formula is C14H18ClN3O7. The van der Waals surface area contributed by atoms with Crippen LogP contribution in [0.3, 0.4) is 0 Å². The highest BCUT2D eigenvalue weighted by molar-refractivity contribution is 6.32. The number of nitrogens with one attached hydrogen (secondary N) is 2. The summed E-state index contributed by atoms with van der Waals surface area (Å²) in [6.45, 7) is 0.346. The molecule has 0 saturated heterocycles. The number of carboxylic acids is 1. The molecule has 0 bridgehead atoms. The van der Waals surface area contributed by atoms with Crippen LogP contribution < -0.4 is 10.6 Å². The molecule has 25 heavy (non-hydrogen) atoms. The SMILES string of the molecule is O=C(CC(NCCOCCO)C(=O)O)Nc1ccc(Cl)c([N+](=O)[O-])c1. The van der Waals surface area contributed by atoms with Crippen molar-refractivity contribution in [2.75, 3.05) is 31.7 Å². The minimum Gasteiger partial charge on any atom is -0.480 e. The van der Waals surface area contributed by atoms with Crippen LogP contribution in [0.25, 0.3) is 0 Å². The lowest BCUT2D eigenvalue weighted by Crippen LogP contribution is -2.41. The fourth-order valence-corrected chi connectivity index (χ4v) is 2.03. The Kier molecular flexibility index (Phi) is 8.78. The van der Waals surface area contributed by atoms with E-state index in [0.29, 0.717) is 0 Å². The summed E-state index contributed by atoms with van der Waals surface area (Å²) in [5.41, 5.74) is -0.232. The molecule has 0 saturated carbocycles. The first-order valence-electron chi connectivity index (χ1n) is 7.23. The van der Waals surface area contributed by atoms with E-state index in [1.54, 1.807) is 0 Å². The first-order valence-corrected chi connectivity index (χ1v) is 7.61. The standard InChI is InChI=1S/C14H18ClN3O7/c15-10-2-1-9(7-12(10)18(23)24)17-13(20)8-11(14(21)22)16-3-5-25-6-4-19/h1-2,7,11,16,19H,3-6,8H2,(H,17,20)(H,21,22). The molecule has 1 rings (SSSR count). The number of anilines is 1. The molecule has 0 spiro atoms. The Bertz CT molecular complexity index is 626. The second-order valence-corrected chi connectivity index (χ2v) is 5.26. The highest BCUT2D eigenvalue weighted by atomic mass is 35.5. The Labute approximate surface area is 147 Å². The van der Waals surface area contributed by atoms with Crippen LogP contribution in [0.1, 0.15) is 6.42 Å². The summed E-state index contributed by atoms with van der Waals surface area (Å²) in [7, 11) is 0. The van der Waals surface area contributed by atoms with Crippen molar-refractivity contribution < 1.29 is 29.5 Å². The fraction of sp³-hybridized carbons (Fsp3) is 0.429. The quantitative estimate of drug-likeness (QED) is 0.250. The van der Waals surface area contributed by atoms with Crippen molar-refractivity contribution in [3.63, 3.8) is 0 Å². The molecule has 4 N–H and O–H groups in total. The van der Waals surface area contributed by atoms with Gasteiger partial charge < -0.3 is 25.6 Å².